The molecule has 1 aromatic heterocycles. The minimum absolute atomic E-state index is 0.261. The predicted molar refractivity (Wildman–Crippen MR) is 149 cm³/mol. The van der Waals surface area contributed by atoms with Crippen LogP contribution in [-0.4, -0.2) is 31.5 Å². The van der Waals surface area contributed by atoms with Gasteiger partial charge in [-0.25, -0.2) is 0 Å². The van der Waals surface area contributed by atoms with Crippen molar-refractivity contribution in [3.05, 3.63) is 66.0 Å². The third-order valence-corrected chi connectivity index (χ3v) is 5.48. The number of aromatic nitrogens is 1. The van der Waals surface area contributed by atoms with Crippen molar-refractivity contribution in [2.75, 3.05) is 31.3 Å². The zero-order chi connectivity index (χ0) is 26.4. The number of hydrogen-bond acceptors (Lipinski definition) is 5. The van der Waals surface area contributed by atoms with Crippen LogP contribution >= 0.6 is 0 Å². The number of anilines is 2. The number of rotatable bonds is 11. The molecule has 0 aliphatic heterocycles. The molecule has 1 aromatic carbocycles. The lowest BCUT2D eigenvalue weighted by molar-refractivity contribution is 0.0958. The second-order valence-electron chi connectivity index (χ2n) is 8.59. The summed E-state index contributed by atoms with van der Waals surface area (Å²) < 4.78 is 5.89. The van der Waals surface area contributed by atoms with E-state index in [1.54, 1.807) is 31.4 Å². The van der Waals surface area contributed by atoms with Gasteiger partial charge in [0.1, 0.15) is 17.2 Å². The van der Waals surface area contributed by atoms with Gasteiger partial charge in [-0.05, 0) is 48.4 Å². The van der Waals surface area contributed by atoms with Crippen LogP contribution in [0.15, 0.2) is 60.3 Å². The first-order valence-corrected chi connectivity index (χ1v) is 12.6. The van der Waals surface area contributed by atoms with Crippen molar-refractivity contribution in [2.24, 2.45) is 11.8 Å². The molecule has 0 spiro atoms. The minimum atomic E-state index is -0.261. The average Bonchev–Trinajstić information content (AvgIpc) is 2.85. The molecule has 0 aliphatic carbocycles. The Morgan fingerprint density at radius 1 is 1.17 bits per heavy atom. The summed E-state index contributed by atoms with van der Waals surface area (Å²) in [5, 5.41) is 2.56. The van der Waals surface area contributed by atoms with E-state index in [0.29, 0.717) is 34.7 Å². The maximum absolute atomic E-state index is 11.8. The lowest BCUT2D eigenvalue weighted by Crippen LogP contribution is -2.21. The van der Waals surface area contributed by atoms with Crippen molar-refractivity contribution < 1.29 is 9.53 Å². The number of amides is 1. The Bertz CT molecular complexity index is 982. The van der Waals surface area contributed by atoms with Gasteiger partial charge in [-0.1, -0.05) is 59.8 Å². The molecule has 2 aromatic rings. The Balaban J connectivity index is 0.00000298. The molecule has 6 nitrogen and oxygen atoms in total. The fraction of sp³-hybridized carbons (Fsp3) is 0.448. The van der Waals surface area contributed by atoms with E-state index in [9.17, 15) is 4.79 Å². The summed E-state index contributed by atoms with van der Waals surface area (Å²) in [6.45, 7) is 13.8. The molecule has 6 heteroatoms. The number of allylic oxidation sites excluding steroid dienone is 4. The number of nitrogens with two attached hydrogens (primary N) is 1. The number of ether oxygens (including phenoxy) is 1. The van der Waals surface area contributed by atoms with Crippen LogP contribution in [0.1, 0.15) is 64.9 Å². The van der Waals surface area contributed by atoms with Gasteiger partial charge in [0, 0.05) is 39.0 Å². The van der Waals surface area contributed by atoms with E-state index < -0.39 is 0 Å². The molecule has 3 N–H and O–H groups in total. The SMILES string of the molecule is CC.CC/C=C(\C=C/C(C)CCN(C)c1ccc(Oc2ccnc(C(=O)NC)c2)cc1N)C(C)C. The molecular weight excluding hydrogens is 436 g/mol. The Labute approximate surface area is 212 Å². The number of benzene rings is 1. The summed E-state index contributed by atoms with van der Waals surface area (Å²) in [6, 6.07) is 8.96. The van der Waals surface area contributed by atoms with Gasteiger partial charge in [-0.3, -0.25) is 9.78 Å². The quantitative estimate of drug-likeness (QED) is 0.271. The topological polar surface area (TPSA) is 80.5 Å². The second-order valence-corrected chi connectivity index (χ2v) is 8.59. The first-order valence-electron chi connectivity index (χ1n) is 12.6. The maximum Gasteiger partial charge on any atom is 0.269 e. The highest BCUT2D eigenvalue weighted by Crippen LogP contribution is 2.30. The van der Waals surface area contributed by atoms with Gasteiger partial charge in [0.05, 0.1) is 11.4 Å². The van der Waals surface area contributed by atoms with Crippen molar-refractivity contribution in [1.82, 2.24) is 10.3 Å². The lowest BCUT2D eigenvalue weighted by Gasteiger charge is -2.23. The summed E-state index contributed by atoms with van der Waals surface area (Å²) in [4.78, 5) is 18.0. The Hall–Kier alpha value is -3.28. The number of carbonyl (C=O) groups excluding carboxylic acids is 1. The molecular formula is C29H44N4O2. The van der Waals surface area contributed by atoms with E-state index in [0.717, 1.165) is 25.1 Å². The van der Waals surface area contributed by atoms with Crippen LogP contribution in [0.2, 0.25) is 0 Å². The molecule has 0 aliphatic rings. The highest BCUT2D eigenvalue weighted by atomic mass is 16.5. The molecule has 2 rings (SSSR count). The van der Waals surface area contributed by atoms with Crippen LogP contribution in [0.25, 0.3) is 0 Å². The molecule has 1 atom stereocenters. The fourth-order valence-electron chi connectivity index (χ4n) is 3.43. The molecule has 0 saturated carbocycles. The van der Waals surface area contributed by atoms with Gasteiger partial charge < -0.3 is 20.7 Å². The summed E-state index contributed by atoms with van der Waals surface area (Å²) >= 11 is 0. The maximum atomic E-state index is 11.8. The lowest BCUT2D eigenvalue weighted by atomic mass is 9.98. The average molecular weight is 481 g/mol. The van der Waals surface area contributed by atoms with Crippen molar-refractivity contribution >= 4 is 17.3 Å². The molecule has 1 amide bonds. The number of nitrogens with zero attached hydrogens (tertiary/aromatic N) is 2. The van der Waals surface area contributed by atoms with E-state index in [1.165, 1.54) is 5.57 Å². The third-order valence-electron chi connectivity index (χ3n) is 5.48. The largest absolute Gasteiger partial charge is 0.457 e. The molecule has 0 radical (unpaired) electrons. The number of carbonyl (C=O) groups is 1. The Morgan fingerprint density at radius 3 is 2.46 bits per heavy atom. The Morgan fingerprint density at radius 2 is 1.86 bits per heavy atom. The van der Waals surface area contributed by atoms with Crippen molar-refractivity contribution in [2.45, 2.75) is 54.4 Å². The monoisotopic (exact) mass is 480 g/mol. The van der Waals surface area contributed by atoms with Gasteiger partial charge in [-0.15, -0.1) is 0 Å². The van der Waals surface area contributed by atoms with Crippen LogP contribution in [0.3, 0.4) is 0 Å². The van der Waals surface area contributed by atoms with E-state index in [-0.39, 0.29) is 5.91 Å². The summed E-state index contributed by atoms with van der Waals surface area (Å²) in [7, 11) is 3.62. The van der Waals surface area contributed by atoms with Gasteiger partial charge in [0.15, 0.2) is 0 Å². The van der Waals surface area contributed by atoms with Crippen molar-refractivity contribution in [1.29, 1.82) is 0 Å². The number of hydrogen-bond donors (Lipinski definition) is 2. The van der Waals surface area contributed by atoms with Gasteiger partial charge in [0.25, 0.3) is 5.91 Å². The van der Waals surface area contributed by atoms with Crippen molar-refractivity contribution in [3.8, 4) is 11.5 Å². The Kier molecular flexibility index (Phi) is 13.3. The number of nitrogens with one attached hydrogen (secondary N) is 1. The fourth-order valence-corrected chi connectivity index (χ4v) is 3.43. The highest BCUT2D eigenvalue weighted by molar-refractivity contribution is 5.92. The van der Waals surface area contributed by atoms with Crippen LogP contribution < -0.4 is 20.7 Å². The predicted octanol–water partition coefficient (Wildman–Crippen LogP) is 6.85. The second kappa shape index (κ2) is 15.6. The molecule has 1 heterocycles. The van der Waals surface area contributed by atoms with Crippen LogP contribution in [0, 0.1) is 11.8 Å². The van der Waals surface area contributed by atoms with Crippen molar-refractivity contribution in [3.63, 3.8) is 0 Å². The normalized spacial score (nSPS) is 12.2. The minimum Gasteiger partial charge on any atom is -0.457 e. The molecule has 0 saturated heterocycles. The number of nitrogen functional groups attached to an aromatic ring is 1. The number of pyridine rings is 1. The molecule has 35 heavy (non-hydrogen) atoms. The standard InChI is InChI=1S/C27H38N4O2.C2H6/c1-7-8-21(19(2)3)10-9-20(4)14-16-31(6)26-12-11-22(17-24(26)28)33-23-13-15-30-25(18-23)27(32)29-5;1-2/h8-13,15,17-20H,7,14,16,28H2,1-6H3,(H,29,32);1-2H3/b10-9-,21-8+;. The van der Waals surface area contributed by atoms with E-state index in [2.05, 4.69) is 68.2 Å². The summed E-state index contributed by atoms with van der Waals surface area (Å²) in [5.74, 6) is 1.89. The first kappa shape index (κ1) is 29.8. The van der Waals surface area contributed by atoms with Crippen LogP contribution in [0.5, 0.6) is 11.5 Å². The smallest absolute Gasteiger partial charge is 0.269 e. The van der Waals surface area contributed by atoms with Gasteiger partial charge in [0.2, 0.25) is 0 Å². The zero-order valence-corrected chi connectivity index (χ0v) is 22.8. The summed E-state index contributed by atoms with van der Waals surface area (Å²) in [5.41, 5.74) is 9.63. The highest BCUT2D eigenvalue weighted by Gasteiger charge is 2.11. The molecule has 192 valence electrons. The van der Waals surface area contributed by atoms with Crippen LogP contribution in [0.4, 0.5) is 11.4 Å². The van der Waals surface area contributed by atoms with E-state index in [4.69, 9.17) is 10.5 Å². The molecule has 0 bridgehead atoms. The zero-order valence-electron chi connectivity index (χ0n) is 22.8. The van der Waals surface area contributed by atoms with E-state index in [1.807, 2.05) is 26.0 Å². The van der Waals surface area contributed by atoms with E-state index >= 15 is 0 Å². The van der Waals surface area contributed by atoms with Crippen LogP contribution in [-0.2, 0) is 0 Å². The third kappa shape index (κ3) is 9.85. The van der Waals surface area contributed by atoms with Gasteiger partial charge >= 0.3 is 0 Å². The summed E-state index contributed by atoms with van der Waals surface area (Å²) in [6.07, 6.45) is 10.5. The first-order chi connectivity index (χ1) is 16.7. The van der Waals surface area contributed by atoms with Gasteiger partial charge in [-0.2, -0.15) is 0 Å². The molecule has 0 fully saturated rings. The molecule has 1 unspecified atom stereocenters.